The molecule has 5 rings (SSSR count). The van der Waals surface area contributed by atoms with Crippen LogP contribution in [-0.4, -0.2) is 69.2 Å². The van der Waals surface area contributed by atoms with Crippen molar-refractivity contribution in [2.24, 2.45) is 0 Å². The van der Waals surface area contributed by atoms with Gasteiger partial charge in [0.25, 0.3) is 0 Å². The third kappa shape index (κ3) is 4.08. The first-order chi connectivity index (χ1) is 15.4. The number of nitrogens with zero attached hydrogens (tertiary/aromatic N) is 3. The monoisotopic (exact) mass is 493 g/mol. The Hall–Kier alpha value is -2.24. The molecule has 0 atom stereocenters. The molecular weight excluding hydrogens is 474 g/mol. The number of benzene rings is 2. The predicted molar refractivity (Wildman–Crippen MR) is 122 cm³/mol. The van der Waals surface area contributed by atoms with Gasteiger partial charge in [0.2, 0.25) is 10.0 Å². The van der Waals surface area contributed by atoms with Crippen LogP contribution in [0.1, 0.15) is 10.4 Å². The number of sulfonamides is 1. The van der Waals surface area contributed by atoms with Crippen LogP contribution in [0.3, 0.4) is 0 Å². The summed E-state index contributed by atoms with van der Waals surface area (Å²) in [5.41, 5.74) is 1.10. The molecule has 0 spiro atoms. The highest BCUT2D eigenvalue weighted by atomic mass is 35.5. The molecule has 8 nitrogen and oxygen atoms in total. The fraction of sp³-hybridized carbons (Fsp3) is 0.333. The molecule has 0 saturated carbocycles. The van der Waals surface area contributed by atoms with E-state index in [-0.39, 0.29) is 11.0 Å². The Bertz CT molecular complexity index is 1250. The minimum atomic E-state index is -3.59. The highest BCUT2D eigenvalue weighted by Crippen LogP contribution is 2.35. The van der Waals surface area contributed by atoms with Gasteiger partial charge in [0.15, 0.2) is 5.13 Å². The lowest BCUT2D eigenvalue weighted by atomic mass is 10.2. The Kier molecular flexibility index (Phi) is 5.81. The number of thiazole rings is 1. The number of para-hydroxylation sites is 1. The number of aromatic nitrogens is 1. The Morgan fingerprint density at radius 3 is 2.53 bits per heavy atom. The van der Waals surface area contributed by atoms with Crippen molar-refractivity contribution in [3.05, 3.63) is 53.1 Å². The Labute approximate surface area is 194 Å². The molecule has 32 heavy (non-hydrogen) atoms. The lowest BCUT2D eigenvalue weighted by Crippen LogP contribution is -2.53. The molecule has 2 aromatic carbocycles. The van der Waals surface area contributed by atoms with Crippen molar-refractivity contribution in [3.8, 4) is 0 Å². The van der Waals surface area contributed by atoms with Gasteiger partial charge in [-0.2, -0.15) is 4.31 Å². The second-order valence-electron chi connectivity index (χ2n) is 7.56. The van der Waals surface area contributed by atoms with Gasteiger partial charge in [0.05, 0.1) is 46.5 Å². The summed E-state index contributed by atoms with van der Waals surface area (Å²) in [5, 5.41) is 1.46. The van der Waals surface area contributed by atoms with Gasteiger partial charge in [-0.1, -0.05) is 29.0 Å². The van der Waals surface area contributed by atoms with E-state index in [0.29, 0.717) is 50.0 Å². The first-order valence-electron chi connectivity index (χ1n) is 10.1. The number of halogens is 1. The van der Waals surface area contributed by atoms with Crippen LogP contribution in [0.4, 0.5) is 5.13 Å². The molecule has 0 N–H and O–H groups in total. The van der Waals surface area contributed by atoms with E-state index in [4.69, 9.17) is 21.1 Å². The highest BCUT2D eigenvalue weighted by molar-refractivity contribution is 7.89. The summed E-state index contributed by atoms with van der Waals surface area (Å²) in [4.78, 5) is 19.3. The number of carbonyl (C=O) groups excluding carboxylic acids is 1. The van der Waals surface area contributed by atoms with Crippen LogP contribution in [0.2, 0.25) is 5.02 Å². The van der Waals surface area contributed by atoms with Gasteiger partial charge in [0.1, 0.15) is 11.6 Å². The molecule has 3 heterocycles. The molecule has 1 aromatic heterocycles. The number of carbonyl (C=O) groups is 1. The SMILES string of the molecule is O=C(OC1CN(c2nc3c(Cl)cccc3s2)C1)c1ccc(S(=O)(=O)N2CCOCC2)cc1. The lowest BCUT2D eigenvalue weighted by Gasteiger charge is -2.38. The molecular formula is C21H20ClN3O5S2. The number of esters is 1. The lowest BCUT2D eigenvalue weighted by molar-refractivity contribution is 0.0234. The molecule has 0 bridgehead atoms. The minimum Gasteiger partial charge on any atom is -0.455 e. The van der Waals surface area contributed by atoms with Crippen molar-refractivity contribution in [2.75, 3.05) is 44.3 Å². The minimum absolute atomic E-state index is 0.153. The summed E-state index contributed by atoms with van der Waals surface area (Å²) in [6.45, 7) is 2.51. The van der Waals surface area contributed by atoms with E-state index in [9.17, 15) is 13.2 Å². The highest BCUT2D eigenvalue weighted by Gasteiger charge is 2.33. The molecule has 2 aliphatic rings. The third-order valence-electron chi connectivity index (χ3n) is 5.45. The average Bonchev–Trinajstić information content (AvgIpc) is 3.21. The largest absolute Gasteiger partial charge is 0.455 e. The van der Waals surface area contributed by atoms with Crippen molar-refractivity contribution in [2.45, 2.75) is 11.0 Å². The Morgan fingerprint density at radius 2 is 1.84 bits per heavy atom. The molecule has 168 valence electrons. The van der Waals surface area contributed by atoms with Crippen molar-refractivity contribution < 1.29 is 22.7 Å². The van der Waals surface area contributed by atoms with Gasteiger partial charge in [-0.3, -0.25) is 0 Å². The van der Waals surface area contributed by atoms with Crippen LogP contribution in [0.15, 0.2) is 47.4 Å². The molecule has 3 aromatic rings. The van der Waals surface area contributed by atoms with E-state index in [2.05, 4.69) is 4.98 Å². The molecule has 2 aliphatic heterocycles. The summed E-state index contributed by atoms with van der Waals surface area (Å²) in [7, 11) is -3.59. The van der Waals surface area contributed by atoms with Crippen molar-refractivity contribution >= 4 is 54.3 Å². The van der Waals surface area contributed by atoms with Crippen LogP contribution in [0, 0.1) is 0 Å². The van der Waals surface area contributed by atoms with Gasteiger partial charge in [-0.05, 0) is 36.4 Å². The van der Waals surface area contributed by atoms with Crippen LogP contribution in [0.25, 0.3) is 10.2 Å². The zero-order valence-electron chi connectivity index (χ0n) is 16.9. The van der Waals surface area contributed by atoms with Gasteiger partial charge in [-0.25, -0.2) is 18.2 Å². The van der Waals surface area contributed by atoms with Crippen LogP contribution < -0.4 is 4.90 Å². The number of hydrogen-bond acceptors (Lipinski definition) is 8. The van der Waals surface area contributed by atoms with E-state index in [1.165, 1.54) is 28.6 Å². The number of ether oxygens (including phenoxy) is 2. The molecule has 2 saturated heterocycles. The van der Waals surface area contributed by atoms with Crippen molar-refractivity contribution in [1.29, 1.82) is 0 Å². The summed E-state index contributed by atoms with van der Waals surface area (Å²) < 4.78 is 38.6. The Balaban J connectivity index is 1.19. The maximum absolute atomic E-state index is 12.7. The molecule has 0 radical (unpaired) electrons. The van der Waals surface area contributed by atoms with E-state index >= 15 is 0 Å². The number of morpholine rings is 1. The number of fused-ring (bicyclic) bond motifs is 1. The van der Waals surface area contributed by atoms with Gasteiger partial charge in [0, 0.05) is 13.1 Å². The summed E-state index contributed by atoms with van der Waals surface area (Å²) >= 11 is 7.74. The van der Waals surface area contributed by atoms with E-state index in [0.717, 1.165) is 15.3 Å². The zero-order chi connectivity index (χ0) is 22.3. The third-order valence-corrected chi connectivity index (χ3v) is 8.75. The standard InChI is InChI=1S/C21H20ClN3O5S2/c22-17-2-1-3-18-19(17)23-21(31-18)24-12-15(13-24)30-20(26)14-4-6-16(7-5-14)32(27,28)25-8-10-29-11-9-25/h1-7,15H,8-13H2. The molecule has 2 fully saturated rings. The normalized spacial score (nSPS) is 18.0. The second-order valence-corrected chi connectivity index (χ2v) is 10.9. The first kappa shape index (κ1) is 21.6. The van der Waals surface area contributed by atoms with Crippen LogP contribution in [-0.2, 0) is 19.5 Å². The maximum Gasteiger partial charge on any atom is 0.338 e. The summed E-state index contributed by atoms with van der Waals surface area (Å²) in [6.07, 6.45) is -0.248. The summed E-state index contributed by atoms with van der Waals surface area (Å²) in [5.74, 6) is -0.475. The fourth-order valence-corrected chi connectivity index (χ4v) is 6.32. The molecule has 11 heteroatoms. The molecule has 0 amide bonds. The second kappa shape index (κ2) is 8.60. The Morgan fingerprint density at radius 1 is 1.12 bits per heavy atom. The fourth-order valence-electron chi connectivity index (χ4n) is 3.63. The van der Waals surface area contributed by atoms with Crippen LogP contribution in [0.5, 0.6) is 0 Å². The number of hydrogen-bond donors (Lipinski definition) is 0. The zero-order valence-corrected chi connectivity index (χ0v) is 19.3. The predicted octanol–water partition coefficient (Wildman–Crippen LogP) is 3.02. The first-order valence-corrected chi connectivity index (χ1v) is 12.7. The molecule has 0 aliphatic carbocycles. The average molecular weight is 494 g/mol. The van der Waals surface area contributed by atoms with Crippen LogP contribution >= 0.6 is 22.9 Å². The molecule has 0 unspecified atom stereocenters. The quantitative estimate of drug-likeness (QED) is 0.505. The van der Waals surface area contributed by atoms with E-state index in [1.54, 1.807) is 11.3 Å². The topological polar surface area (TPSA) is 89.0 Å². The van der Waals surface area contributed by atoms with E-state index < -0.39 is 16.0 Å². The number of rotatable bonds is 5. The van der Waals surface area contributed by atoms with Gasteiger partial charge in [-0.15, -0.1) is 0 Å². The van der Waals surface area contributed by atoms with Gasteiger partial charge >= 0.3 is 5.97 Å². The van der Waals surface area contributed by atoms with Crippen molar-refractivity contribution in [1.82, 2.24) is 9.29 Å². The smallest absolute Gasteiger partial charge is 0.338 e. The summed E-state index contributed by atoms with van der Waals surface area (Å²) in [6, 6.07) is 11.5. The van der Waals surface area contributed by atoms with Crippen molar-refractivity contribution in [3.63, 3.8) is 0 Å². The van der Waals surface area contributed by atoms with Gasteiger partial charge < -0.3 is 14.4 Å². The number of anilines is 1. The van der Waals surface area contributed by atoms with E-state index in [1.807, 2.05) is 23.1 Å². The maximum atomic E-state index is 12.7.